The molecule has 0 aromatic heterocycles. The zero-order valence-electron chi connectivity index (χ0n) is 50.0. The number of aliphatic hydroxyl groups is 11. The molecule has 0 aromatic rings. The van der Waals surface area contributed by atoms with Crippen LogP contribution < -0.4 is 5.32 Å². The van der Waals surface area contributed by atoms with Crippen molar-refractivity contribution in [3.8, 4) is 0 Å². The van der Waals surface area contributed by atoms with Crippen LogP contribution in [0, 0.1) is 0 Å². The fourth-order valence-electron chi connectivity index (χ4n) is 11.3. The molecule has 3 aliphatic heterocycles. The number of allylic oxidation sites excluding steroid dienone is 1. The first-order valence-corrected chi connectivity index (χ1v) is 32.4. The molecule has 3 rings (SSSR count). The third-order valence-corrected chi connectivity index (χ3v) is 16.6. The van der Waals surface area contributed by atoms with E-state index < -0.39 is 124 Å². The number of amides is 1. The molecular weight excluding hydrogens is 1050 g/mol. The fraction of sp³-hybridized carbons (Fsp3) is 0.952. The van der Waals surface area contributed by atoms with Gasteiger partial charge in [-0.2, -0.15) is 0 Å². The summed E-state index contributed by atoms with van der Waals surface area (Å²) in [5.74, 6) is -0.272. The summed E-state index contributed by atoms with van der Waals surface area (Å²) in [5.41, 5.74) is 0. The van der Waals surface area contributed by atoms with E-state index in [2.05, 4.69) is 19.2 Å². The van der Waals surface area contributed by atoms with E-state index in [1.54, 1.807) is 6.08 Å². The maximum Gasteiger partial charge on any atom is 0.220 e. The highest BCUT2D eigenvalue weighted by atomic mass is 16.8. The third-order valence-electron chi connectivity index (χ3n) is 16.6. The second kappa shape index (κ2) is 45.8. The van der Waals surface area contributed by atoms with E-state index in [4.69, 9.17) is 28.4 Å². The molecule has 0 spiro atoms. The lowest BCUT2D eigenvalue weighted by Gasteiger charge is -2.48. The number of hydrogen-bond acceptors (Lipinski definition) is 18. The first kappa shape index (κ1) is 73.8. The van der Waals surface area contributed by atoms with Crippen LogP contribution in [0.4, 0.5) is 0 Å². The van der Waals surface area contributed by atoms with Crippen molar-refractivity contribution in [2.24, 2.45) is 0 Å². The highest BCUT2D eigenvalue weighted by Gasteiger charge is 2.53. The van der Waals surface area contributed by atoms with E-state index in [-0.39, 0.29) is 18.9 Å². The molecule has 17 atom stereocenters. The van der Waals surface area contributed by atoms with Gasteiger partial charge in [-0.15, -0.1) is 0 Å². The van der Waals surface area contributed by atoms with Crippen LogP contribution in [0.2, 0.25) is 0 Å². The fourth-order valence-corrected chi connectivity index (χ4v) is 11.3. The number of ether oxygens (including phenoxy) is 6. The maximum absolute atomic E-state index is 13.3. The maximum atomic E-state index is 13.3. The summed E-state index contributed by atoms with van der Waals surface area (Å²) >= 11 is 0. The summed E-state index contributed by atoms with van der Waals surface area (Å²) in [6, 6.07) is -0.966. The number of aliphatic hydroxyl groups excluding tert-OH is 11. The van der Waals surface area contributed by atoms with Gasteiger partial charge in [0.15, 0.2) is 18.9 Å². The van der Waals surface area contributed by atoms with Crippen molar-refractivity contribution in [1.29, 1.82) is 0 Å². The van der Waals surface area contributed by atoms with Gasteiger partial charge < -0.3 is 89.9 Å². The normalized spacial score (nSPS) is 29.8. The summed E-state index contributed by atoms with van der Waals surface area (Å²) in [6.45, 7) is 1.73. The molecule has 3 saturated heterocycles. The molecule has 3 aliphatic rings. The predicted molar refractivity (Wildman–Crippen MR) is 310 cm³/mol. The molecule has 0 aromatic carbocycles. The lowest BCUT2D eigenvalue weighted by molar-refractivity contribution is -0.379. The molecule has 19 nitrogen and oxygen atoms in total. The van der Waals surface area contributed by atoms with Crippen LogP contribution in [-0.2, 0) is 33.2 Å². The van der Waals surface area contributed by atoms with E-state index in [1.165, 1.54) is 173 Å². The molecule has 17 unspecified atom stereocenters. The zero-order chi connectivity index (χ0) is 59.0. The quantitative estimate of drug-likeness (QED) is 0.0217. The second-order valence-electron chi connectivity index (χ2n) is 23.6. The van der Waals surface area contributed by atoms with E-state index in [9.17, 15) is 61.0 Å². The van der Waals surface area contributed by atoms with E-state index in [0.717, 1.165) is 44.9 Å². The number of unbranched alkanes of at least 4 members (excludes halogenated alkanes) is 33. The Kier molecular flexibility index (Phi) is 41.7. The predicted octanol–water partition coefficient (Wildman–Crippen LogP) is 6.94. The van der Waals surface area contributed by atoms with Crippen LogP contribution in [0.25, 0.3) is 0 Å². The van der Waals surface area contributed by atoms with E-state index >= 15 is 0 Å². The molecule has 0 saturated carbocycles. The molecule has 1 amide bonds. The van der Waals surface area contributed by atoms with Crippen LogP contribution in [-0.4, -0.2) is 193 Å². The number of carbonyl (C=O) groups excluding carboxylic acids is 1. The summed E-state index contributed by atoms with van der Waals surface area (Å²) in [7, 11) is 0. The number of nitrogens with one attached hydrogen (secondary N) is 1. The van der Waals surface area contributed by atoms with Gasteiger partial charge in [-0.3, -0.25) is 4.79 Å². The smallest absolute Gasteiger partial charge is 0.220 e. The first-order valence-electron chi connectivity index (χ1n) is 32.4. The Morgan fingerprint density at radius 3 is 1.16 bits per heavy atom. The van der Waals surface area contributed by atoms with E-state index in [0.29, 0.717) is 6.42 Å². The van der Waals surface area contributed by atoms with Crippen LogP contribution in [0.1, 0.15) is 245 Å². The molecule has 12 N–H and O–H groups in total. The largest absolute Gasteiger partial charge is 0.394 e. The van der Waals surface area contributed by atoms with E-state index in [1.807, 2.05) is 6.08 Å². The van der Waals surface area contributed by atoms with Gasteiger partial charge in [0.1, 0.15) is 73.2 Å². The highest BCUT2D eigenvalue weighted by Crippen LogP contribution is 2.33. The Bertz CT molecular complexity index is 1530. The lowest BCUT2D eigenvalue weighted by Crippen LogP contribution is -2.66. The lowest BCUT2D eigenvalue weighted by atomic mass is 9.96. The van der Waals surface area contributed by atoms with Gasteiger partial charge in [0.2, 0.25) is 5.91 Å². The molecule has 0 bridgehead atoms. The molecule has 0 radical (unpaired) electrons. The minimum atomic E-state index is -1.97. The summed E-state index contributed by atoms with van der Waals surface area (Å²) in [6.07, 6.45) is 20.7. The van der Waals surface area contributed by atoms with Crippen molar-refractivity contribution in [2.75, 3.05) is 26.4 Å². The van der Waals surface area contributed by atoms with Gasteiger partial charge in [0.25, 0.3) is 0 Å². The van der Waals surface area contributed by atoms with Crippen molar-refractivity contribution in [2.45, 2.75) is 349 Å². The van der Waals surface area contributed by atoms with Crippen molar-refractivity contribution < 1.29 is 89.4 Å². The zero-order valence-corrected chi connectivity index (χ0v) is 50.0. The molecular formula is C62H117NO18. The van der Waals surface area contributed by atoms with Crippen LogP contribution in [0.15, 0.2) is 12.2 Å². The minimum Gasteiger partial charge on any atom is -0.394 e. The minimum absolute atomic E-state index is 0.249. The third kappa shape index (κ3) is 29.2. The van der Waals surface area contributed by atoms with Crippen molar-refractivity contribution in [1.82, 2.24) is 5.32 Å². The first-order chi connectivity index (χ1) is 39.3. The molecule has 19 heteroatoms. The summed E-state index contributed by atoms with van der Waals surface area (Å²) in [4.78, 5) is 13.3. The standard InChI is InChI=1S/C62H117NO18/c1-3-5-7-9-11-13-15-16-17-18-19-20-21-22-23-24-25-26-27-28-30-32-34-36-38-40-50(68)63-45(46(67)39-37-35-33-31-29-14-12-10-8-6-4-2)44-76-60-56(74)53(71)58(48(42-65)78-60)81-62-57(75)54(72)59(49(43-66)79-62)80-61-55(73)52(70)51(69)47(41-64)77-61/h37,39,45-49,51-62,64-67,69-75H,3-36,38,40-44H2,1-2H3,(H,63,68)/b39-37+. The van der Waals surface area contributed by atoms with Crippen LogP contribution in [0.5, 0.6) is 0 Å². The molecule has 3 heterocycles. The average molecular weight is 1160 g/mol. The van der Waals surface area contributed by atoms with Gasteiger partial charge in [-0.05, 0) is 19.3 Å². The average Bonchev–Trinajstić information content (AvgIpc) is 3.57. The van der Waals surface area contributed by atoms with Gasteiger partial charge in [0.05, 0.1) is 38.6 Å². The molecule has 81 heavy (non-hydrogen) atoms. The molecule has 0 aliphatic carbocycles. The molecule has 3 fully saturated rings. The van der Waals surface area contributed by atoms with Gasteiger partial charge in [-0.1, -0.05) is 231 Å². The highest BCUT2D eigenvalue weighted by molar-refractivity contribution is 5.76. The Morgan fingerprint density at radius 1 is 0.432 bits per heavy atom. The van der Waals surface area contributed by atoms with Crippen molar-refractivity contribution in [3.63, 3.8) is 0 Å². The monoisotopic (exact) mass is 1160 g/mol. The Balaban J connectivity index is 1.41. The number of rotatable bonds is 49. The van der Waals surface area contributed by atoms with Gasteiger partial charge in [0, 0.05) is 6.42 Å². The van der Waals surface area contributed by atoms with Crippen molar-refractivity contribution >= 4 is 5.91 Å². The Hall–Kier alpha value is -1.47. The van der Waals surface area contributed by atoms with Gasteiger partial charge >= 0.3 is 0 Å². The topological polar surface area (TPSA) is 307 Å². The van der Waals surface area contributed by atoms with Gasteiger partial charge in [-0.25, -0.2) is 0 Å². The summed E-state index contributed by atoms with van der Waals surface area (Å²) < 4.78 is 34.2. The van der Waals surface area contributed by atoms with Crippen LogP contribution >= 0.6 is 0 Å². The second-order valence-corrected chi connectivity index (χ2v) is 23.6. The molecule has 478 valence electrons. The number of carbonyl (C=O) groups is 1. The van der Waals surface area contributed by atoms with Crippen LogP contribution in [0.3, 0.4) is 0 Å². The Labute approximate surface area is 486 Å². The van der Waals surface area contributed by atoms with Crippen molar-refractivity contribution in [3.05, 3.63) is 12.2 Å². The Morgan fingerprint density at radius 2 is 0.765 bits per heavy atom. The summed E-state index contributed by atoms with van der Waals surface area (Å²) in [5, 5.41) is 120. The SMILES string of the molecule is CCCCCCCCCCC/C=C/C(O)C(COC1OC(CO)C(OC2OC(CO)C(OC3OC(CO)C(O)C(O)C3O)C(O)C2O)C(O)C1O)NC(=O)CCCCCCCCCCCCCCCCCCCCCCCCCCC. The number of hydrogen-bond donors (Lipinski definition) is 12.